The molecule has 1 unspecified atom stereocenters. The van der Waals surface area contributed by atoms with Crippen LogP contribution in [-0.2, 0) is 11.8 Å². The highest BCUT2D eigenvalue weighted by molar-refractivity contribution is 5.85. The summed E-state index contributed by atoms with van der Waals surface area (Å²) in [6, 6.07) is 14.1. The summed E-state index contributed by atoms with van der Waals surface area (Å²) in [5.41, 5.74) is 4.20. The number of anilines is 1. The van der Waals surface area contributed by atoms with Gasteiger partial charge in [-0.1, -0.05) is 18.2 Å². The number of likely N-dealkylation sites (N-methyl/N-ethyl adjacent to an activating group) is 1. The lowest BCUT2D eigenvalue weighted by Crippen LogP contribution is -2.60. The van der Waals surface area contributed by atoms with Crippen LogP contribution in [0.1, 0.15) is 37.0 Å². The van der Waals surface area contributed by atoms with Gasteiger partial charge in [-0.05, 0) is 56.5 Å². The normalized spacial score (nSPS) is 22.6. The van der Waals surface area contributed by atoms with Gasteiger partial charge in [-0.3, -0.25) is 0 Å². The monoisotopic (exact) mass is 361 g/mol. The topological polar surface area (TPSA) is 42.7 Å². The van der Waals surface area contributed by atoms with Crippen LogP contribution in [0.2, 0.25) is 0 Å². The van der Waals surface area contributed by atoms with Gasteiger partial charge in [0.1, 0.15) is 11.3 Å². The van der Waals surface area contributed by atoms with Gasteiger partial charge >= 0.3 is 5.63 Å². The first-order valence-corrected chi connectivity index (χ1v) is 9.44. The molecule has 0 saturated heterocycles. The summed E-state index contributed by atoms with van der Waals surface area (Å²) in [7, 11) is 2.11. The standard InChI is InChI=1S/C23H23NO3/c1-14-13-20(25)26-21-15(14)9-10-19-16(21)11-12-23(27-19)22(2,3)17-7-5-6-8-18(17)24(23)4/h5-10,13H,11-12H2,1-4H3. The maximum atomic E-state index is 11.9. The second kappa shape index (κ2) is 5.16. The average Bonchev–Trinajstić information content (AvgIpc) is 2.80. The molecular formula is C23H23NO3. The van der Waals surface area contributed by atoms with Crippen molar-refractivity contribution in [3.05, 3.63) is 69.6 Å². The van der Waals surface area contributed by atoms with Gasteiger partial charge in [-0.15, -0.1) is 0 Å². The molecule has 3 aromatic rings. The van der Waals surface area contributed by atoms with Crippen molar-refractivity contribution < 1.29 is 9.15 Å². The molecule has 3 heterocycles. The van der Waals surface area contributed by atoms with Gasteiger partial charge in [0.2, 0.25) is 0 Å². The third-order valence-electron chi connectivity index (χ3n) is 6.63. The lowest BCUT2D eigenvalue weighted by molar-refractivity contribution is -0.00564. The predicted octanol–water partition coefficient (Wildman–Crippen LogP) is 4.55. The molecule has 2 aliphatic rings. The first-order chi connectivity index (χ1) is 12.8. The zero-order valence-electron chi connectivity index (χ0n) is 16.1. The fraction of sp³-hybridized carbons (Fsp3) is 0.348. The first kappa shape index (κ1) is 16.4. The van der Waals surface area contributed by atoms with Crippen LogP contribution in [0.3, 0.4) is 0 Å². The molecule has 0 bridgehead atoms. The molecule has 1 spiro atoms. The minimum atomic E-state index is -0.457. The van der Waals surface area contributed by atoms with E-state index in [1.54, 1.807) is 6.07 Å². The van der Waals surface area contributed by atoms with Crippen molar-refractivity contribution >= 4 is 16.7 Å². The molecule has 1 aromatic heterocycles. The molecule has 2 aliphatic heterocycles. The summed E-state index contributed by atoms with van der Waals surface area (Å²) in [6.07, 6.45) is 1.63. The Morgan fingerprint density at radius 1 is 1.11 bits per heavy atom. The summed E-state index contributed by atoms with van der Waals surface area (Å²) in [6.45, 7) is 6.46. The fourth-order valence-electron chi connectivity index (χ4n) is 5.08. The molecule has 0 N–H and O–H groups in total. The molecule has 0 radical (unpaired) electrons. The van der Waals surface area contributed by atoms with Crippen LogP contribution >= 0.6 is 0 Å². The van der Waals surface area contributed by atoms with Crippen molar-refractivity contribution in [2.75, 3.05) is 11.9 Å². The number of benzene rings is 2. The number of hydrogen-bond donors (Lipinski definition) is 0. The van der Waals surface area contributed by atoms with Crippen molar-refractivity contribution in [1.29, 1.82) is 0 Å². The summed E-state index contributed by atoms with van der Waals surface area (Å²) >= 11 is 0. The van der Waals surface area contributed by atoms with Crippen LogP contribution in [0.15, 0.2) is 51.7 Å². The van der Waals surface area contributed by atoms with Crippen molar-refractivity contribution in [2.24, 2.45) is 0 Å². The number of para-hydroxylation sites is 1. The van der Waals surface area contributed by atoms with Crippen LogP contribution < -0.4 is 15.3 Å². The number of nitrogens with zero attached hydrogens (tertiary/aromatic N) is 1. The van der Waals surface area contributed by atoms with Crippen LogP contribution in [-0.4, -0.2) is 12.8 Å². The average molecular weight is 361 g/mol. The highest BCUT2D eigenvalue weighted by Crippen LogP contribution is 2.55. The quantitative estimate of drug-likeness (QED) is 0.551. The second-order valence-corrected chi connectivity index (χ2v) is 8.25. The zero-order chi connectivity index (χ0) is 19.0. The predicted molar refractivity (Wildman–Crippen MR) is 107 cm³/mol. The molecule has 27 heavy (non-hydrogen) atoms. The van der Waals surface area contributed by atoms with E-state index < -0.39 is 5.72 Å². The largest absolute Gasteiger partial charge is 0.467 e. The molecule has 0 fully saturated rings. The maximum Gasteiger partial charge on any atom is 0.336 e. The molecule has 0 amide bonds. The van der Waals surface area contributed by atoms with E-state index in [2.05, 4.69) is 50.1 Å². The van der Waals surface area contributed by atoms with E-state index in [1.165, 1.54) is 11.3 Å². The molecule has 0 aliphatic carbocycles. The number of fused-ring (bicyclic) bond motifs is 4. The lowest BCUT2D eigenvalue weighted by atomic mass is 9.74. The molecular weight excluding hydrogens is 338 g/mol. The molecule has 138 valence electrons. The van der Waals surface area contributed by atoms with Crippen LogP contribution in [0.5, 0.6) is 5.75 Å². The number of aryl methyl sites for hydroxylation is 2. The van der Waals surface area contributed by atoms with Crippen molar-refractivity contribution in [3.63, 3.8) is 0 Å². The van der Waals surface area contributed by atoms with Gasteiger partial charge in [0.05, 0.1) is 5.41 Å². The van der Waals surface area contributed by atoms with Crippen molar-refractivity contribution in [1.82, 2.24) is 0 Å². The Kier molecular flexibility index (Phi) is 3.14. The highest BCUT2D eigenvalue weighted by atomic mass is 16.5. The molecule has 4 heteroatoms. The third kappa shape index (κ3) is 1.96. The Hall–Kier alpha value is -2.75. The first-order valence-electron chi connectivity index (χ1n) is 9.44. The van der Waals surface area contributed by atoms with Crippen molar-refractivity contribution in [2.45, 2.75) is 44.8 Å². The van der Waals surface area contributed by atoms with E-state index in [4.69, 9.17) is 9.15 Å². The smallest absolute Gasteiger partial charge is 0.336 e. The number of rotatable bonds is 0. The minimum absolute atomic E-state index is 0.168. The van der Waals surface area contributed by atoms with Gasteiger partial charge in [0, 0.05) is 36.2 Å². The minimum Gasteiger partial charge on any atom is -0.467 e. The summed E-state index contributed by atoms with van der Waals surface area (Å²) in [5.74, 6) is 0.815. The van der Waals surface area contributed by atoms with E-state index in [0.29, 0.717) is 5.58 Å². The SMILES string of the molecule is Cc1cc(=O)oc2c3c(ccc12)OC1(CC3)N(C)c2ccccc2C1(C)C. The van der Waals surface area contributed by atoms with Gasteiger partial charge in [-0.25, -0.2) is 4.79 Å². The molecule has 4 nitrogen and oxygen atoms in total. The zero-order valence-corrected chi connectivity index (χ0v) is 16.1. The number of hydrogen-bond acceptors (Lipinski definition) is 4. The van der Waals surface area contributed by atoms with Crippen LogP contribution in [0.25, 0.3) is 11.0 Å². The van der Waals surface area contributed by atoms with E-state index >= 15 is 0 Å². The van der Waals surface area contributed by atoms with Gasteiger partial charge in [0.15, 0.2) is 5.72 Å². The summed E-state index contributed by atoms with van der Waals surface area (Å²) in [4.78, 5) is 14.2. The Morgan fingerprint density at radius 2 is 1.89 bits per heavy atom. The molecule has 0 saturated carbocycles. The number of ether oxygens (including phenoxy) is 1. The van der Waals surface area contributed by atoms with E-state index in [-0.39, 0.29) is 11.0 Å². The Labute approximate surface area is 158 Å². The van der Waals surface area contributed by atoms with Gasteiger partial charge < -0.3 is 14.1 Å². The third-order valence-corrected chi connectivity index (χ3v) is 6.63. The Balaban J connectivity index is 1.69. The van der Waals surface area contributed by atoms with Crippen molar-refractivity contribution in [3.8, 4) is 5.75 Å². The maximum absolute atomic E-state index is 11.9. The lowest BCUT2D eigenvalue weighted by Gasteiger charge is -2.48. The molecule has 2 aromatic carbocycles. The Morgan fingerprint density at radius 3 is 2.67 bits per heavy atom. The Bertz CT molecular complexity index is 1140. The van der Waals surface area contributed by atoms with Gasteiger partial charge in [-0.2, -0.15) is 0 Å². The second-order valence-electron chi connectivity index (χ2n) is 8.25. The molecule has 1 atom stereocenters. The highest BCUT2D eigenvalue weighted by Gasteiger charge is 2.59. The summed E-state index contributed by atoms with van der Waals surface area (Å²) in [5, 5.41) is 0.982. The van der Waals surface area contributed by atoms with Crippen LogP contribution in [0.4, 0.5) is 5.69 Å². The van der Waals surface area contributed by atoms with E-state index in [9.17, 15) is 4.79 Å². The van der Waals surface area contributed by atoms with Crippen LogP contribution in [0, 0.1) is 6.92 Å². The molecule has 5 rings (SSSR count). The summed E-state index contributed by atoms with van der Waals surface area (Å²) < 4.78 is 12.3. The van der Waals surface area contributed by atoms with E-state index in [1.807, 2.05) is 19.1 Å². The van der Waals surface area contributed by atoms with E-state index in [0.717, 1.165) is 35.1 Å². The fourth-order valence-corrected chi connectivity index (χ4v) is 5.08. The van der Waals surface area contributed by atoms with Gasteiger partial charge in [0.25, 0.3) is 0 Å².